The molecule has 0 rings (SSSR count). The summed E-state index contributed by atoms with van der Waals surface area (Å²) < 4.78 is 16.9. The standard InChI is InChI=1S/C67H122O6/c1-4-7-10-13-16-19-22-25-28-31-33-36-39-42-45-48-51-54-57-60-66(69)72-63-64(62-71-65(68)59-56-53-50-47-44-41-38-35-30-27-24-21-18-15-12-9-6-3)73-67(70)61-58-55-52-49-46-43-40-37-34-32-29-26-23-20-17-14-11-8-5-2/h16,19,25,28,32-34,36,64H,4-15,17-18,20-24,26-27,29-31,35,37-63H2,1-3H3/b19-16-,28-25-,34-32-,36-33-/t64-/m1/s1. The number of rotatable bonds is 59. The number of esters is 3. The Kier molecular flexibility index (Phi) is 59.7. The molecule has 73 heavy (non-hydrogen) atoms. The maximum absolute atomic E-state index is 12.9. The highest BCUT2D eigenvalue weighted by Gasteiger charge is 2.19. The van der Waals surface area contributed by atoms with Crippen LogP contribution >= 0.6 is 0 Å². The number of carbonyl (C=O) groups excluding carboxylic acids is 3. The fourth-order valence-electron chi connectivity index (χ4n) is 9.45. The van der Waals surface area contributed by atoms with Gasteiger partial charge in [0.05, 0.1) is 0 Å². The van der Waals surface area contributed by atoms with E-state index in [0.717, 1.165) is 77.0 Å². The van der Waals surface area contributed by atoms with Crippen LogP contribution in [0.5, 0.6) is 0 Å². The largest absolute Gasteiger partial charge is 0.462 e. The fourth-order valence-corrected chi connectivity index (χ4v) is 9.45. The molecule has 0 aromatic rings. The van der Waals surface area contributed by atoms with Crippen molar-refractivity contribution in [3.63, 3.8) is 0 Å². The third-order valence-electron chi connectivity index (χ3n) is 14.3. The van der Waals surface area contributed by atoms with Gasteiger partial charge in [-0.3, -0.25) is 14.4 Å². The summed E-state index contributed by atoms with van der Waals surface area (Å²) in [6.07, 6.45) is 76.8. The second-order valence-corrected chi connectivity index (χ2v) is 21.7. The molecular weight excluding hydrogens is 901 g/mol. The van der Waals surface area contributed by atoms with Crippen LogP contribution in [0.2, 0.25) is 0 Å². The summed E-state index contributed by atoms with van der Waals surface area (Å²) in [5.41, 5.74) is 0. The molecule has 0 saturated carbocycles. The summed E-state index contributed by atoms with van der Waals surface area (Å²) in [5.74, 6) is -0.871. The number of hydrogen-bond donors (Lipinski definition) is 0. The first-order valence-corrected chi connectivity index (χ1v) is 32.1. The Labute approximate surface area is 454 Å². The van der Waals surface area contributed by atoms with E-state index in [0.29, 0.717) is 19.3 Å². The van der Waals surface area contributed by atoms with Gasteiger partial charge in [0.15, 0.2) is 6.10 Å². The maximum atomic E-state index is 12.9. The van der Waals surface area contributed by atoms with Crippen molar-refractivity contribution < 1.29 is 28.6 Å². The smallest absolute Gasteiger partial charge is 0.306 e. The van der Waals surface area contributed by atoms with Crippen LogP contribution in [0.1, 0.15) is 342 Å². The molecule has 0 amide bonds. The van der Waals surface area contributed by atoms with E-state index < -0.39 is 6.10 Å². The van der Waals surface area contributed by atoms with Crippen molar-refractivity contribution in [1.82, 2.24) is 0 Å². The lowest BCUT2D eigenvalue weighted by Gasteiger charge is -2.18. The molecule has 426 valence electrons. The highest BCUT2D eigenvalue weighted by atomic mass is 16.6. The molecule has 0 saturated heterocycles. The molecule has 0 radical (unpaired) electrons. The van der Waals surface area contributed by atoms with E-state index in [1.165, 1.54) is 225 Å². The lowest BCUT2D eigenvalue weighted by molar-refractivity contribution is -0.167. The molecule has 0 aromatic heterocycles. The number of hydrogen-bond acceptors (Lipinski definition) is 6. The van der Waals surface area contributed by atoms with Gasteiger partial charge in [-0.1, -0.05) is 288 Å². The summed E-state index contributed by atoms with van der Waals surface area (Å²) in [4.78, 5) is 38.3. The van der Waals surface area contributed by atoms with Crippen molar-refractivity contribution >= 4 is 17.9 Å². The van der Waals surface area contributed by atoms with Crippen molar-refractivity contribution in [3.05, 3.63) is 48.6 Å². The molecule has 0 N–H and O–H groups in total. The molecule has 0 unspecified atom stereocenters. The number of carbonyl (C=O) groups is 3. The van der Waals surface area contributed by atoms with Crippen LogP contribution in [0.15, 0.2) is 48.6 Å². The average Bonchev–Trinajstić information content (AvgIpc) is 3.39. The first-order chi connectivity index (χ1) is 36.0. The Hall–Kier alpha value is -2.63. The highest BCUT2D eigenvalue weighted by molar-refractivity contribution is 5.71. The Morgan fingerprint density at radius 1 is 0.274 bits per heavy atom. The van der Waals surface area contributed by atoms with Gasteiger partial charge in [-0.05, 0) is 83.5 Å². The minimum atomic E-state index is -0.780. The molecule has 0 aromatic carbocycles. The third kappa shape index (κ3) is 60.1. The second-order valence-electron chi connectivity index (χ2n) is 21.7. The summed E-state index contributed by atoms with van der Waals surface area (Å²) >= 11 is 0. The number of allylic oxidation sites excluding steroid dienone is 8. The molecule has 6 heteroatoms. The summed E-state index contributed by atoms with van der Waals surface area (Å²) in [7, 11) is 0. The zero-order chi connectivity index (χ0) is 52.9. The zero-order valence-electron chi connectivity index (χ0n) is 48.9. The van der Waals surface area contributed by atoms with Crippen LogP contribution in [-0.2, 0) is 28.6 Å². The minimum absolute atomic E-state index is 0.0755. The van der Waals surface area contributed by atoms with Gasteiger partial charge in [0.2, 0.25) is 0 Å². The molecule has 0 fully saturated rings. The van der Waals surface area contributed by atoms with Crippen LogP contribution in [-0.4, -0.2) is 37.2 Å². The van der Waals surface area contributed by atoms with E-state index in [9.17, 15) is 14.4 Å². The summed E-state index contributed by atoms with van der Waals surface area (Å²) in [5, 5.41) is 0. The molecule has 0 spiro atoms. The van der Waals surface area contributed by atoms with Crippen LogP contribution < -0.4 is 0 Å². The van der Waals surface area contributed by atoms with Gasteiger partial charge in [0, 0.05) is 19.3 Å². The van der Waals surface area contributed by atoms with Crippen molar-refractivity contribution in [2.24, 2.45) is 0 Å². The Morgan fingerprint density at radius 3 is 0.808 bits per heavy atom. The Bertz CT molecular complexity index is 1270. The quantitative estimate of drug-likeness (QED) is 0.0261. The predicted molar refractivity (Wildman–Crippen MR) is 316 cm³/mol. The van der Waals surface area contributed by atoms with Gasteiger partial charge >= 0.3 is 17.9 Å². The van der Waals surface area contributed by atoms with Crippen LogP contribution in [0.4, 0.5) is 0 Å². The topological polar surface area (TPSA) is 78.9 Å². The minimum Gasteiger partial charge on any atom is -0.462 e. The molecule has 0 heterocycles. The number of ether oxygens (including phenoxy) is 3. The van der Waals surface area contributed by atoms with Gasteiger partial charge in [0.1, 0.15) is 13.2 Å². The first-order valence-electron chi connectivity index (χ1n) is 32.1. The maximum Gasteiger partial charge on any atom is 0.306 e. The Morgan fingerprint density at radius 2 is 0.493 bits per heavy atom. The Balaban J connectivity index is 4.37. The van der Waals surface area contributed by atoms with E-state index in [4.69, 9.17) is 14.2 Å². The molecule has 6 nitrogen and oxygen atoms in total. The van der Waals surface area contributed by atoms with Crippen molar-refractivity contribution in [2.45, 2.75) is 348 Å². The molecule has 0 aliphatic rings. The average molecular weight is 1020 g/mol. The second kappa shape index (κ2) is 61.9. The molecule has 0 aliphatic heterocycles. The zero-order valence-corrected chi connectivity index (χ0v) is 48.9. The lowest BCUT2D eigenvalue weighted by atomic mass is 10.0. The lowest BCUT2D eigenvalue weighted by Crippen LogP contribution is -2.30. The fraction of sp³-hybridized carbons (Fsp3) is 0.836. The molecular formula is C67H122O6. The van der Waals surface area contributed by atoms with Crippen LogP contribution in [0.25, 0.3) is 0 Å². The molecule has 0 bridgehead atoms. The van der Waals surface area contributed by atoms with E-state index in [1.807, 2.05) is 0 Å². The van der Waals surface area contributed by atoms with Gasteiger partial charge < -0.3 is 14.2 Å². The van der Waals surface area contributed by atoms with E-state index >= 15 is 0 Å². The normalized spacial score (nSPS) is 12.3. The van der Waals surface area contributed by atoms with Gasteiger partial charge in [-0.25, -0.2) is 0 Å². The van der Waals surface area contributed by atoms with Crippen molar-refractivity contribution in [2.75, 3.05) is 13.2 Å². The SMILES string of the molecule is CCCCC/C=C\C/C=C\C/C=C\CCCCCCCCC(=O)OC[C@@H](COC(=O)CCCCCCCCCCCCCCCCCCC)OC(=O)CCCCCCCCC/C=C\CCCCCCCCCC. The van der Waals surface area contributed by atoms with Crippen molar-refractivity contribution in [1.29, 1.82) is 0 Å². The predicted octanol–water partition coefficient (Wildman–Crippen LogP) is 21.8. The van der Waals surface area contributed by atoms with Crippen LogP contribution in [0, 0.1) is 0 Å². The van der Waals surface area contributed by atoms with Crippen molar-refractivity contribution in [3.8, 4) is 0 Å². The van der Waals surface area contributed by atoms with Gasteiger partial charge in [-0.2, -0.15) is 0 Å². The summed E-state index contributed by atoms with van der Waals surface area (Å²) in [6, 6.07) is 0. The monoisotopic (exact) mass is 1020 g/mol. The summed E-state index contributed by atoms with van der Waals surface area (Å²) in [6.45, 7) is 6.65. The van der Waals surface area contributed by atoms with E-state index in [-0.39, 0.29) is 31.1 Å². The third-order valence-corrected chi connectivity index (χ3v) is 14.3. The van der Waals surface area contributed by atoms with Gasteiger partial charge in [0.25, 0.3) is 0 Å². The van der Waals surface area contributed by atoms with Crippen LogP contribution in [0.3, 0.4) is 0 Å². The number of unbranched alkanes of at least 4 members (excludes halogenated alkanes) is 40. The highest BCUT2D eigenvalue weighted by Crippen LogP contribution is 2.17. The molecule has 0 aliphatic carbocycles. The van der Waals surface area contributed by atoms with Gasteiger partial charge in [-0.15, -0.1) is 0 Å². The van der Waals surface area contributed by atoms with E-state index in [1.54, 1.807) is 0 Å². The van der Waals surface area contributed by atoms with E-state index in [2.05, 4.69) is 69.4 Å². The first kappa shape index (κ1) is 70.4. The molecule has 1 atom stereocenters.